The maximum Gasteiger partial charge on any atom is 0.225 e. The Kier molecular flexibility index (Phi) is 7.82. The summed E-state index contributed by atoms with van der Waals surface area (Å²) in [6.45, 7) is 3.34. The van der Waals surface area contributed by atoms with E-state index in [-0.39, 0.29) is 12.6 Å². The van der Waals surface area contributed by atoms with Crippen LogP contribution in [-0.2, 0) is 4.74 Å². The third-order valence-electron chi connectivity index (χ3n) is 5.10. The lowest BCUT2D eigenvalue weighted by Crippen LogP contribution is -2.20. The topological polar surface area (TPSA) is 101 Å². The monoisotopic (exact) mass is 411 g/mol. The van der Waals surface area contributed by atoms with Crippen LogP contribution in [0.5, 0.6) is 5.88 Å². The van der Waals surface area contributed by atoms with Gasteiger partial charge in [-0.25, -0.2) is 9.97 Å². The van der Waals surface area contributed by atoms with Crippen LogP contribution in [0.3, 0.4) is 0 Å². The molecule has 8 heteroatoms. The summed E-state index contributed by atoms with van der Waals surface area (Å²) in [5.41, 5.74) is 2.33. The summed E-state index contributed by atoms with van der Waals surface area (Å²) in [5, 5.41) is 16.2. The van der Waals surface area contributed by atoms with Gasteiger partial charge in [-0.15, -0.1) is 0 Å². The van der Waals surface area contributed by atoms with Crippen molar-refractivity contribution in [3.63, 3.8) is 0 Å². The molecule has 3 N–H and O–H groups in total. The Bertz CT molecular complexity index is 892. The van der Waals surface area contributed by atoms with Crippen molar-refractivity contribution < 1.29 is 14.6 Å². The zero-order valence-corrected chi connectivity index (χ0v) is 17.7. The molecule has 0 radical (unpaired) electrons. The van der Waals surface area contributed by atoms with E-state index in [1.165, 1.54) is 0 Å². The van der Waals surface area contributed by atoms with Gasteiger partial charge in [0.15, 0.2) is 0 Å². The van der Waals surface area contributed by atoms with Crippen LogP contribution in [0.15, 0.2) is 18.3 Å². The van der Waals surface area contributed by atoms with E-state index < -0.39 is 0 Å². The second-order valence-corrected chi connectivity index (χ2v) is 7.32. The fraction of sp³-hybridized carbons (Fsp3) is 0.500. The van der Waals surface area contributed by atoms with Crippen LogP contribution in [-0.4, -0.2) is 60.1 Å². The molecule has 0 aliphatic heterocycles. The summed E-state index contributed by atoms with van der Waals surface area (Å²) in [4.78, 5) is 13.4. The zero-order chi connectivity index (χ0) is 21.3. The number of methoxy groups -OCH3 is 2. The summed E-state index contributed by atoms with van der Waals surface area (Å²) in [6, 6.07) is 3.90. The molecule has 2 heterocycles. The van der Waals surface area contributed by atoms with Gasteiger partial charge in [0.25, 0.3) is 0 Å². The molecule has 2 atom stereocenters. The van der Waals surface area contributed by atoms with Crippen molar-refractivity contribution in [3.8, 4) is 17.7 Å². The average Bonchev–Trinajstić information content (AvgIpc) is 3.21. The van der Waals surface area contributed by atoms with Gasteiger partial charge in [-0.05, 0) is 38.2 Å². The Balaban J connectivity index is 1.86. The van der Waals surface area contributed by atoms with Gasteiger partial charge in [0, 0.05) is 44.1 Å². The molecule has 0 spiro atoms. The summed E-state index contributed by atoms with van der Waals surface area (Å²) in [6.07, 6.45) is 4.60. The highest BCUT2D eigenvalue weighted by atomic mass is 16.5. The van der Waals surface area contributed by atoms with Crippen molar-refractivity contribution in [3.05, 3.63) is 35.2 Å². The quantitative estimate of drug-likeness (QED) is 0.449. The minimum atomic E-state index is 0.224. The number of hydrogen-bond donors (Lipinski definition) is 3. The average molecular weight is 412 g/mol. The maximum absolute atomic E-state index is 9.45. The zero-order valence-electron chi connectivity index (χ0n) is 17.7. The first-order valence-electron chi connectivity index (χ1n) is 10.1. The van der Waals surface area contributed by atoms with Crippen LogP contribution in [0.25, 0.3) is 0 Å². The minimum absolute atomic E-state index is 0.224. The smallest absolute Gasteiger partial charge is 0.225 e. The molecule has 1 saturated carbocycles. The second kappa shape index (κ2) is 10.8. The van der Waals surface area contributed by atoms with Gasteiger partial charge in [0.05, 0.1) is 25.0 Å². The lowest BCUT2D eigenvalue weighted by molar-refractivity contribution is 0.210. The molecule has 1 aliphatic carbocycles. The SMILES string of the molecule is COCCNc1nc(C)c(C#Cc2ccc(OC)nc2)c(NC2CCC(CO)C2)n1. The van der Waals surface area contributed by atoms with E-state index in [9.17, 15) is 5.11 Å². The number of hydrogen-bond acceptors (Lipinski definition) is 8. The van der Waals surface area contributed by atoms with Crippen molar-refractivity contribution in [2.24, 2.45) is 5.92 Å². The summed E-state index contributed by atoms with van der Waals surface area (Å²) in [5.74, 6) is 8.49. The molecule has 0 aromatic carbocycles. The molecule has 3 rings (SSSR count). The molecular formula is C22H29N5O3. The number of pyridine rings is 1. The maximum atomic E-state index is 9.45. The molecular weight excluding hydrogens is 382 g/mol. The standard InChI is InChI=1S/C22H29N5O3/c1-15-19(8-5-16-6-9-20(30-3)24-13-16)21(26-18-7-4-17(12-18)14-28)27-22(25-15)23-10-11-29-2/h6,9,13,17-18,28H,4,7,10-12,14H2,1-3H3,(H2,23,25,26,27). The molecule has 0 saturated heterocycles. The Morgan fingerprint density at radius 1 is 1.20 bits per heavy atom. The molecule has 30 heavy (non-hydrogen) atoms. The lowest BCUT2D eigenvalue weighted by Gasteiger charge is -2.17. The number of ether oxygens (including phenoxy) is 2. The van der Waals surface area contributed by atoms with Crippen molar-refractivity contribution in [1.29, 1.82) is 0 Å². The Labute approximate surface area is 177 Å². The summed E-state index contributed by atoms with van der Waals surface area (Å²) >= 11 is 0. The molecule has 1 fully saturated rings. The summed E-state index contributed by atoms with van der Waals surface area (Å²) < 4.78 is 10.2. The van der Waals surface area contributed by atoms with Crippen LogP contribution in [0.1, 0.15) is 36.1 Å². The molecule has 2 aromatic rings. The van der Waals surface area contributed by atoms with Gasteiger partial charge in [-0.2, -0.15) is 4.98 Å². The van der Waals surface area contributed by atoms with Crippen LogP contribution >= 0.6 is 0 Å². The van der Waals surface area contributed by atoms with Crippen molar-refractivity contribution in [2.45, 2.75) is 32.2 Å². The number of rotatable bonds is 8. The van der Waals surface area contributed by atoms with Crippen LogP contribution in [0.2, 0.25) is 0 Å². The van der Waals surface area contributed by atoms with Crippen LogP contribution in [0, 0.1) is 24.7 Å². The van der Waals surface area contributed by atoms with Gasteiger partial charge in [-0.1, -0.05) is 11.8 Å². The Morgan fingerprint density at radius 2 is 2.07 bits per heavy atom. The van der Waals surface area contributed by atoms with E-state index in [1.807, 2.05) is 13.0 Å². The molecule has 0 bridgehead atoms. The van der Waals surface area contributed by atoms with Crippen molar-refractivity contribution in [2.75, 3.05) is 44.6 Å². The van der Waals surface area contributed by atoms with Gasteiger partial charge in [0.2, 0.25) is 11.8 Å². The highest BCUT2D eigenvalue weighted by Gasteiger charge is 2.25. The molecule has 1 aliphatic rings. The number of anilines is 2. The highest BCUT2D eigenvalue weighted by Crippen LogP contribution is 2.29. The predicted octanol–water partition coefficient (Wildman–Crippen LogP) is 2.22. The van der Waals surface area contributed by atoms with Crippen LogP contribution < -0.4 is 15.4 Å². The van der Waals surface area contributed by atoms with Crippen molar-refractivity contribution in [1.82, 2.24) is 15.0 Å². The van der Waals surface area contributed by atoms with Gasteiger partial charge >= 0.3 is 0 Å². The number of aromatic nitrogens is 3. The van der Waals surface area contributed by atoms with Gasteiger partial charge in [-0.3, -0.25) is 0 Å². The largest absolute Gasteiger partial charge is 0.481 e. The van der Waals surface area contributed by atoms with Crippen molar-refractivity contribution >= 4 is 11.8 Å². The normalized spacial score (nSPS) is 17.9. The molecule has 8 nitrogen and oxygen atoms in total. The number of nitrogens with zero attached hydrogens (tertiary/aromatic N) is 3. The van der Waals surface area contributed by atoms with E-state index in [2.05, 4.69) is 37.4 Å². The lowest BCUT2D eigenvalue weighted by atomic mass is 10.1. The first-order valence-corrected chi connectivity index (χ1v) is 10.1. The van der Waals surface area contributed by atoms with Gasteiger partial charge < -0.3 is 25.2 Å². The predicted molar refractivity (Wildman–Crippen MR) is 116 cm³/mol. The first-order chi connectivity index (χ1) is 14.6. The number of aliphatic hydroxyl groups is 1. The number of aliphatic hydroxyl groups excluding tert-OH is 1. The third-order valence-corrected chi connectivity index (χ3v) is 5.10. The molecule has 2 unspecified atom stereocenters. The Hall–Kier alpha value is -2.89. The second-order valence-electron chi connectivity index (χ2n) is 7.32. The fourth-order valence-corrected chi connectivity index (χ4v) is 3.45. The van der Waals surface area contributed by atoms with Crippen LogP contribution in [0.4, 0.5) is 11.8 Å². The van der Waals surface area contributed by atoms with Gasteiger partial charge in [0.1, 0.15) is 5.82 Å². The van der Waals surface area contributed by atoms with E-state index in [4.69, 9.17) is 9.47 Å². The van der Waals surface area contributed by atoms with E-state index >= 15 is 0 Å². The first kappa shape index (κ1) is 21.8. The van der Waals surface area contributed by atoms with E-state index in [0.717, 1.165) is 36.1 Å². The highest BCUT2D eigenvalue weighted by molar-refractivity contribution is 5.60. The number of aryl methyl sites for hydroxylation is 1. The van der Waals surface area contributed by atoms with E-state index in [0.29, 0.717) is 36.7 Å². The number of nitrogens with one attached hydrogen (secondary N) is 2. The molecule has 2 aromatic heterocycles. The fourth-order valence-electron chi connectivity index (χ4n) is 3.45. The third kappa shape index (κ3) is 5.81. The summed E-state index contributed by atoms with van der Waals surface area (Å²) in [7, 11) is 3.24. The molecule has 0 amide bonds. The minimum Gasteiger partial charge on any atom is -0.481 e. The molecule has 160 valence electrons. The Morgan fingerprint density at radius 3 is 2.73 bits per heavy atom. The van der Waals surface area contributed by atoms with E-state index in [1.54, 1.807) is 26.5 Å².